The topological polar surface area (TPSA) is 43.4 Å². The van der Waals surface area contributed by atoms with Crippen LogP contribution in [0.3, 0.4) is 0 Å². The Hall–Kier alpha value is -1.13. The molecule has 0 bridgehead atoms. The number of aromatic nitrogens is 1. The van der Waals surface area contributed by atoms with Gasteiger partial charge in [0.1, 0.15) is 5.75 Å². The molecule has 1 heterocycles. The van der Waals surface area contributed by atoms with Gasteiger partial charge in [0, 0.05) is 13.3 Å². The molecule has 0 aliphatic rings. The zero-order valence-electron chi connectivity index (χ0n) is 13.4. The maximum atomic E-state index is 5.83. The number of nitrogens with one attached hydrogen (secondary N) is 1. The van der Waals surface area contributed by atoms with Gasteiger partial charge in [0.25, 0.3) is 0 Å². The van der Waals surface area contributed by atoms with Crippen LogP contribution < -0.4 is 10.1 Å². The van der Waals surface area contributed by atoms with E-state index in [4.69, 9.17) is 9.47 Å². The average Bonchev–Trinajstić information content (AvgIpc) is 2.51. The van der Waals surface area contributed by atoms with Crippen molar-refractivity contribution in [3.05, 3.63) is 24.0 Å². The predicted octanol–water partition coefficient (Wildman–Crippen LogP) is 3.34. The number of hydrogen-bond donors (Lipinski definition) is 1. The van der Waals surface area contributed by atoms with Crippen LogP contribution in [0.1, 0.15) is 51.6 Å². The fraction of sp³-hybridized carbons (Fsp3) is 0.688. The molecule has 0 fully saturated rings. The summed E-state index contributed by atoms with van der Waals surface area (Å²) < 4.78 is 11.5. The first kappa shape index (κ1) is 16.9. The lowest BCUT2D eigenvalue weighted by Crippen LogP contribution is -2.43. The maximum absolute atomic E-state index is 5.83. The fourth-order valence-electron chi connectivity index (χ4n) is 2.69. The van der Waals surface area contributed by atoms with Crippen LogP contribution in [0.2, 0.25) is 0 Å². The molecule has 1 aromatic rings. The van der Waals surface area contributed by atoms with E-state index in [1.807, 2.05) is 13.2 Å². The van der Waals surface area contributed by atoms with E-state index >= 15 is 0 Å². The molecule has 0 amide bonds. The second kappa shape index (κ2) is 8.22. The summed E-state index contributed by atoms with van der Waals surface area (Å²) in [5.41, 5.74) is 0.881. The lowest BCUT2D eigenvalue weighted by Gasteiger charge is -2.38. The van der Waals surface area contributed by atoms with Crippen molar-refractivity contribution in [3.63, 3.8) is 0 Å². The standard InChI is InChI=1S/C16H28N2O2/c1-6-9-20-14-10-13(11-18-12-14)15(17-4)16(7-2,8-3)19-5/h10-12,15,17H,6-9H2,1-5H3. The highest BCUT2D eigenvalue weighted by Crippen LogP contribution is 2.35. The summed E-state index contributed by atoms with van der Waals surface area (Å²) in [6.45, 7) is 7.12. The largest absolute Gasteiger partial charge is 0.492 e. The first-order chi connectivity index (χ1) is 9.67. The monoisotopic (exact) mass is 280 g/mol. The van der Waals surface area contributed by atoms with Gasteiger partial charge >= 0.3 is 0 Å². The fourth-order valence-corrected chi connectivity index (χ4v) is 2.69. The van der Waals surface area contributed by atoms with Crippen LogP contribution in [0.15, 0.2) is 18.5 Å². The van der Waals surface area contributed by atoms with Gasteiger partial charge < -0.3 is 14.8 Å². The molecule has 0 spiro atoms. The molecule has 4 heteroatoms. The zero-order valence-corrected chi connectivity index (χ0v) is 13.4. The van der Waals surface area contributed by atoms with E-state index in [2.05, 4.69) is 37.1 Å². The number of methoxy groups -OCH3 is 1. The van der Waals surface area contributed by atoms with Crippen molar-refractivity contribution in [1.29, 1.82) is 0 Å². The minimum atomic E-state index is -0.222. The van der Waals surface area contributed by atoms with Crippen LogP contribution in [0.4, 0.5) is 0 Å². The van der Waals surface area contributed by atoms with Gasteiger partial charge in [0.15, 0.2) is 0 Å². The number of hydrogen-bond acceptors (Lipinski definition) is 4. The highest BCUT2D eigenvalue weighted by atomic mass is 16.5. The molecule has 0 radical (unpaired) electrons. The third-order valence-electron chi connectivity index (χ3n) is 3.96. The number of rotatable bonds is 9. The van der Waals surface area contributed by atoms with E-state index in [-0.39, 0.29) is 11.6 Å². The van der Waals surface area contributed by atoms with E-state index in [9.17, 15) is 0 Å². The molecule has 1 unspecified atom stereocenters. The van der Waals surface area contributed by atoms with Crippen LogP contribution >= 0.6 is 0 Å². The number of likely N-dealkylation sites (N-methyl/N-ethyl adjacent to an activating group) is 1. The van der Waals surface area contributed by atoms with E-state index in [1.54, 1.807) is 13.3 Å². The summed E-state index contributed by atoms with van der Waals surface area (Å²) in [6, 6.07) is 2.16. The van der Waals surface area contributed by atoms with Crippen molar-refractivity contribution in [2.24, 2.45) is 0 Å². The Bertz CT molecular complexity index is 384. The first-order valence-electron chi connectivity index (χ1n) is 7.47. The van der Waals surface area contributed by atoms with Crippen LogP contribution in [-0.2, 0) is 4.74 Å². The predicted molar refractivity (Wildman–Crippen MR) is 82.1 cm³/mol. The van der Waals surface area contributed by atoms with Crippen molar-refractivity contribution in [2.45, 2.75) is 51.7 Å². The van der Waals surface area contributed by atoms with Crippen molar-refractivity contribution in [2.75, 3.05) is 20.8 Å². The quantitative estimate of drug-likeness (QED) is 0.753. The highest BCUT2D eigenvalue weighted by molar-refractivity contribution is 5.28. The van der Waals surface area contributed by atoms with Gasteiger partial charge in [0.05, 0.1) is 24.4 Å². The van der Waals surface area contributed by atoms with Crippen molar-refractivity contribution < 1.29 is 9.47 Å². The molecule has 1 atom stereocenters. The molecule has 0 aliphatic carbocycles. The number of pyridine rings is 1. The van der Waals surface area contributed by atoms with Gasteiger partial charge in [-0.3, -0.25) is 4.98 Å². The Labute approximate surface area is 122 Å². The molecule has 0 aromatic carbocycles. The SMILES string of the molecule is CCCOc1cncc(C(NC)C(CC)(CC)OC)c1. The van der Waals surface area contributed by atoms with Crippen LogP contribution in [0.25, 0.3) is 0 Å². The molecule has 1 N–H and O–H groups in total. The third-order valence-corrected chi connectivity index (χ3v) is 3.96. The minimum Gasteiger partial charge on any atom is -0.492 e. The van der Waals surface area contributed by atoms with E-state index < -0.39 is 0 Å². The molecular formula is C16H28N2O2. The Kier molecular flexibility index (Phi) is 6.96. The summed E-state index contributed by atoms with van der Waals surface area (Å²) >= 11 is 0. The van der Waals surface area contributed by atoms with Gasteiger partial charge in [-0.1, -0.05) is 20.8 Å². The van der Waals surface area contributed by atoms with Gasteiger partial charge in [-0.15, -0.1) is 0 Å². The summed E-state index contributed by atoms with van der Waals surface area (Å²) in [5.74, 6) is 0.821. The Morgan fingerprint density at radius 3 is 2.45 bits per heavy atom. The Morgan fingerprint density at radius 2 is 1.95 bits per heavy atom. The van der Waals surface area contributed by atoms with Crippen molar-refractivity contribution >= 4 is 0 Å². The van der Waals surface area contributed by atoms with Crippen molar-refractivity contribution in [1.82, 2.24) is 10.3 Å². The van der Waals surface area contributed by atoms with Crippen LogP contribution in [0.5, 0.6) is 5.75 Å². The summed E-state index contributed by atoms with van der Waals surface area (Å²) in [5, 5.41) is 3.37. The van der Waals surface area contributed by atoms with Gasteiger partial charge in [-0.2, -0.15) is 0 Å². The summed E-state index contributed by atoms with van der Waals surface area (Å²) in [6.07, 6.45) is 6.51. The average molecular weight is 280 g/mol. The molecule has 114 valence electrons. The van der Waals surface area contributed by atoms with Gasteiger partial charge in [0.2, 0.25) is 0 Å². The minimum absolute atomic E-state index is 0.0974. The van der Waals surface area contributed by atoms with E-state index in [0.29, 0.717) is 6.61 Å². The third kappa shape index (κ3) is 3.70. The van der Waals surface area contributed by atoms with Crippen molar-refractivity contribution in [3.8, 4) is 5.75 Å². The lowest BCUT2D eigenvalue weighted by atomic mass is 9.84. The second-order valence-corrected chi connectivity index (χ2v) is 5.00. The Balaban J connectivity index is 3.05. The molecule has 0 saturated heterocycles. The van der Waals surface area contributed by atoms with E-state index in [0.717, 1.165) is 30.6 Å². The molecular weight excluding hydrogens is 252 g/mol. The molecule has 1 rings (SSSR count). The first-order valence-corrected chi connectivity index (χ1v) is 7.47. The molecule has 20 heavy (non-hydrogen) atoms. The summed E-state index contributed by atoms with van der Waals surface area (Å²) in [4.78, 5) is 4.30. The van der Waals surface area contributed by atoms with E-state index in [1.165, 1.54) is 0 Å². The molecule has 4 nitrogen and oxygen atoms in total. The molecule has 0 saturated carbocycles. The molecule has 0 aliphatic heterocycles. The molecule has 1 aromatic heterocycles. The normalized spacial score (nSPS) is 13.2. The highest BCUT2D eigenvalue weighted by Gasteiger charge is 2.36. The van der Waals surface area contributed by atoms with Gasteiger partial charge in [-0.05, 0) is 37.9 Å². The maximum Gasteiger partial charge on any atom is 0.137 e. The lowest BCUT2D eigenvalue weighted by molar-refractivity contribution is -0.0469. The second-order valence-electron chi connectivity index (χ2n) is 5.00. The number of nitrogens with zero attached hydrogens (tertiary/aromatic N) is 1. The van der Waals surface area contributed by atoms with Crippen LogP contribution in [-0.4, -0.2) is 31.3 Å². The summed E-state index contributed by atoms with van der Waals surface area (Å²) in [7, 11) is 3.74. The van der Waals surface area contributed by atoms with Gasteiger partial charge in [-0.25, -0.2) is 0 Å². The smallest absolute Gasteiger partial charge is 0.137 e. The number of ether oxygens (including phenoxy) is 2. The zero-order chi connectivity index (χ0) is 15.0. The Morgan fingerprint density at radius 1 is 1.25 bits per heavy atom. The van der Waals surface area contributed by atoms with Crippen LogP contribution in [0, 0.1) is 0 Å².